The van der Waals surface area contributed by atoms with Crippen LogP contribution in [0.2, 0.25) is 0 Å². The molecule has 20 heavy (non-hydrogen) atoms. The number of thiophene rings is 1. The van der Waals surface area contributed by atoms with Gasteiger partial charge in [0.25, 0.3) is 0 Å². The van der Waals surface area contributed by atoms with Gasteiger partial charge in [0.15, 0.2) is 0 Å². The predicted octanol–water partition coefficient (Wildman–Crippen LogP) is 6.19. The number of fused-ring (bicyclic) bond motifs is 1. The van der Waals surface area contributed by atoms with Crippen LogP contribution in [0.4, 0.5) is 13.2 Å². The van der Waals surface area contributed by atoms with E-state index >= 15 is 0 Å². The lowest BCUT2D eigenvalue weighted by Crippen LogP contribution is -2.03. The number of hydrogen-bond donors (Lipinski definition) is 0. The molecule has 0 spiro atoms. The molecule has 3 aromatic rings. The van der Waals surface area contributed by atoms with Gasteiger partial charge in [-0.05, 0) is 46.4 Å². The van der Waals surface area contributed by atoms with Crippen LogP contribution in [0.25, 0.3) is 20.5 Å². The highest BCUT2D eigenvalue weighted by Crippen LogP contribution is 2.40. The summed E-state index contributed by atoms with van der Waals surface area (Å²) in [6, 6.07) is 13.3. The number of rotatable bonds is 1. The molecule has 0 saturated carbocycles. The van der Waals surface area contributed by atoms with E-state index in [1.807, 2.05) is 24.3 Å². The van der Waals surface area contributed by atoms with Crippen molar-refractivity contribution >= 4 is 44.0 Å². The van der Waals surface area contributed by atoms with E-state index in [-0.39, 0.29) is 0 Å². The molecule has 0 aliphatic carbocycles. The molecule has 1 aromatic heterocycles. The normalized spacial score (nSPS) is 12.0. The minimum Gasteiger partial charge on any atom is -0.166 e. The molecule has 2 aromatic carbocycles. The molecule has 0 radical (unpaired) electrons. The molecule has 5 heteroatoms. The van der Waals surface area contributed by atoms with E-state index in [0.29, 0.717) is 0 Å². The number of halogens is 4. The SMILES string of the molecule is FC(F)(F)c1ccc(-c2sc3ccccc3c2I)cc1. The topological polar surface area (TPSA) is 0 Å². The minimum absolute atomic E-state index is 0.614. The van der Waals surface area contributed by atoms with Crippen molar-refractivity contribution in [2.75, 3.05) is 0 Å². The average molecular weight is 404 g/mol. The van der Waals surface area contributed by atoms with Gasteiger partial charge in [0, 0.05) is 18.5 Å². The Hall–Kier alpha value is -1.08. The van der Waals surface area contributed by atoms with Gasteiger partial charge in [-0.15, -0.1) is 11.3 Å². The quantitative estimate of drug-likeness (QED) is 0.424. The molecule has 1 heterocycles. The van der Waals surface area contributed by atoms with Crippen LogP contribution >= 0.6 is 33.9 Å². The summed E-state index contributed by atoms with van der Waals surface area (Å²) in [4.78, 5) is 1.01. The maximum atomic E-state index is 12.6. The van der Waals surface area contributed by atoms with Crippen LogP contribution in [-0.2, 0) is 6.18 Å². The van der Waals surface area contributed by atoms with E-state index in [2.05, 4.69) is 22.6 Å². The van der Waals surface area contributed by atoms with Gasteiger partial charge >= 0.3 is 6.18 Å². The lowest BCUT2D eigenvalue weighted by atomic mass is 10.1. The maximum absolute atomic E-state index is 12.6. The summed E-state index contributed by atoms with van der Waals surface area (Å²) >= 11 is 3.85. The molecule has 102 valence electrons. The Morgan fingerprint density at radius 2 is 1.55 bits per heavy atom. The summed E-state index contributed by atoms with van der Waals surface area (Å²) in [5.74, 6) is 0. The lowest BCUT2D eigenvalue weighted by molar-refractivity contribution is -0.137. The number of hydrogen-bond acceptors (Lipinski definition) is 1. The van der Waals surface area contributed by atoms with Crippen LogP contribution in [0.3, 0.4) is 0 Å². The predicted molar refractivity (Wildman–Crippen MR) is 85.0 cm³/mol. The van der Waals surface area contributed by atoms with E-state index in [0.717, 1.165) is 36.2 Å². The second-order valence-electron chi connectivity index (χ2n) is 4.32. The van der Waals surface area contributed by atoms with Crippen LogP contribution in [0.5, 0.6) is 0 Å². The van der Waals surface area contributed by atoms with Crippen molar-refractivity contribution in [3.8, 4) is 10.4 Å². The van der Waals surface area contributed by atoms with Crippen LogP contribution < -0.4 is 0 Å². The maximum Gasteiger partial charge on any atom is 0.416 e. The first-order valence-electron chi connectivity index (χ1n) is 5.81. The Bertz CT molecular complexity index is 757. The van der Waals surface area contributed by atoms with Crippen molar-refractivity contribution in [2.45, 2.75) is 6.18 Å². The summed E-state index contributed by atoms with van der Waals surface area (Å²) in [5, 5.41) is 1.15. The first-order chi connectivity index (χ1) is 9.47. The third-order valence-electron chi connectivity index (χ3n) is 3.01. The van der Waals surface area contributed by atoms with E-state index in [9.17, 15) is 13.2 Å². The standard InChI is InChI=1S/C15H8F3IS/c16-15(17,18)10-7-5-9(6-8-10)14-13(19)11-3-1-2-4-12(11)20-14/h1-8H. The van der Waals surface area contributed by atoms with Gasteiger partial charge in [-0.25, -0.2) is 0 Å². The smallest absolute Gasteiger partial charge is 0.166 e. The highest BCUT2D eigenvalue weighted by molar-refractivity contribution is 14.1. The van der Waals surface area contributed by atoms with Crippen LogP contribution in [0, 0.1) is 3.57 Å². The summed E-state index contributed by atoms with van der Waals surface area (Å²) < 4.78 is 39.9. The molecule has 3 rings (SSSR count). The van der Waals surface area contributed by atoms with Crippen LogP contribution in [0.1, 0.15) is 5.56 Å². The van der Waals surface area contributed by atoms with Crippen molar-refractivity contribution < 1.29 is 13.2 Å². The minimum atomic E-state index is -4.29. The van der Waals surface area contributed by atoms with Crippen molar-refractivity contribution in [2.24, 2.45) is 0 Å². The first-order valence-corrected chi connectivity index (χ1v) is 7.71. The Balaban J connectivity index is 2.09. The molecule has 0 fully saturated rings. The molecule has 0 bridgehead atoms. The highest BCUT2D eigenvalue weighted by atomic mass is 127. The number of alkyl halides is 3. The monoisotopic (exact) mass is 404 g/mol. The van der Waals surface area contributed by atoms with E-state index in [1.165, 1.54) is 12.1 Å². The molecule has 0 nitrogen and oxygen atoms in total. The van der Waals surface area contributed by atoms with Gasteiger partial charge in [0.1, 0.15) is 0 Å². The van der Waals surface area contributed by atoms with Gasteiger partial charge < -0.3 is 0 Å². The van der Waals surface area contributed by atoms with Crippen molar-refractivity contribution in [1.82, 2.24) is 0 Å². The zero-order valence-corrected chi connectivity index (χ0v) is 13.0. The molecular weight excluding hydrogens is 396 g/mol. The molecule has 0 unspecified atom stereocenters. The molecule has 0 amide bonds. The molecule has 0 N–H and O–H groups in total. The van der Waals surface area contributed by atoms with Gasteiger partial charge in [-0.1, -0.05) is 30.3 Å². The van der Waals surface area contributed by atoms with E-state index in [1.54, 1.807) is 11.3 Å². The summed E-state index contributed by atoms with van der Waals surface area (Å²) in [7, 11) is 0. The fourth-order valence-electron chi connectivity index (χ4n) is 2.01. The molecule has 0 atom stereocenters. The van der Waals surface area contributed by atoms with Gasteiger partial charge in [0.05, 0.1) is 5.56 Å². The Kier molecular flexibility index (Phi) is 3.50. The third-order valence-corrected chi connectivity index (χ3v) is 5.72. The van der Waals surface area contributed by atoms with Crippen molar-refractivity contribution in [3.05, 3.63) is 57.7 Å². The molecule has 0 aliphatic heterocycles. The van der Waals surface area contributed by atoms with Gasteiger partial charge in [-0.2, -0.15) is 13.2 Å². The van der Waals surface area contributed by atoms with Crippen molar-refractivity contribution in [1.29, 1.82) is 0 Å². The fourth-order valence-corrected chi connectivity index (χ4v) is 4.41. The fraction of sp³-hybridized carbons (Fsp3) is 0.0667. The number of benzene rings is 2. The van der Waals surface area contributed by atoms with Gasteiger partial charge in [0.2, 0.25) is 0 Å². The van der Waals surface area contributed by atoms with E-state index in [4.69, 9.17) is 0 Å². The molecule has 0 aliphatic rings. The van der Waals surface area contributed by atoms with Gasteiger partial charge in [-0.3, -0.25) is 0 Å². The molecular formula is C15H8F3IS. The third kappa shape index (κ3) is 2.44. The molecule has 0 saturated heterocycles. The van der Waals surface area contributed by atoms with Crippen LogP contribution in [-0.4, -0.2) is 0 Å². The second-order valence-corrected chi connectivity index (χ2v) is 6.45. The zero-order chi connectivity index (χ0) is 14.3. The lowest BCUT2D eigenvalue weighted by Gasteiger charge is -2.07. The Labute approximate surface area is 131 Å². The highest BCUT2D eigenvalue weighted by Gasteiger charge is 2.30. The summed E-state index contributed by atoms with van der Waals surface area (Å²) in [6.07, 6.45) is -4.29. The van der Waals surface area contributed by atoms with Crippen LogP contribution in [0.15, 0.2) is 48.5 Å². The summed E-state index contributed by atoms with van der Waals surface area (Å²) in [6.45, 7) is 0. The first kappa shape index (κ1) is 13.9. The van der Waals surface area contributed by atoms with Crippen molar-refractivity contribution in [3.63, 3.8) is 0 Å². The summed E-state index contributed by atoms with van der Waals surface area (Å²) in [5.41, 5.74) is 0.209. The zero-order valence-electron chi connectivity index (χ0n) is 10.0. The largest absolute Gasteiger partial charge is 0.416 e. The Morgan fingerprint density at radius 1 is 0.900 bits per heavy atom. The van der Waals surface area contributed by atoms with E-state index < -0.39 is 11.7 Å². The Morgan fingerprint density at radius 3 is 2.15 bits per heavy atom. The second kappa shape index (κ2) is 5.04. The average Bonchev–Trinajstić information content (AvgIpc) is 2.76.